The van der Waals surface area contributed by atoms with Crippen molar-refractivity contribution in [2.75, 3.05) is 20.2 Å². The number of carbonyl (C=O) groups is 1. The maximum atomic E-state index is 12.2. The van der Waals surface area contributed by atoms with Gasteiger partial charge >= 0.3 is 0 Å². The summed E-state index contributed by atoms with van der Waals surface area (Å²) >= 11 is 9.24. The average Bonchev–Trinajstić information content (AvgIpc) is 2.79. The van der Waals surface area contributed by atoms with Gasteiger partial charge in [0.1, 0.15) is 0 Å². The van der Waals surface area contributed by atoms with Gasteiger partial charge in [0.25, 0.3) is 5.91 Å². The van der Waals surface area contributed by atoms with E-state index in [1.165, 1.54) is 0 Å². The molecule has 1 aliphatic heterocycles. The molecule has 0 bridgehead atoms. The Labute approximate surface area is 119 Å². The first kappa shape index (κ1) is 13.8. The largest absolute Gasteiger partial charge is 0.378 e. The molecule has 0 aliphatic carbocycles. The fraction of sp³-hybridized carbons (Fsp3) is 0.417. The molecule has 2 rings (SSSR count). The van der Waals surface area contributed by atoms with Crippen LogP contribution in [0.25, 0.3) is 0 Å². The predicted octanol–water partition coefficient (Wildman–Crippen LogP) is 1.82. The van der Waals surface area contributed by atoms with E-state index in [9.17, 15) is 4.79 Å². The van der Waals surface area contributed by atoms with Gasteiger partial charge in [0, 0.05) is 29.7 Å². The second-order valence-electron chi connectivity index (χ2n) is 4.14. The van der Waals surface area contributed by atoms with E-state index in [0.29, 0.717) is 17.1 Å². The van der Waals surface area contributed by atoms with Gasteiger partial charge in [-0.3, -0.25) is 4.79 Å². The highest BCUT2D eigenvalue weighted by molar-refractivity contribution is 9.10. The molecule has 98 valence electrons. The number of ether oxygens (including phenoxy) is 1. The number of benzene rings is 1. The Morgan fingerprint density at radius 1 is 1.56 bits per heavy atom. The molecule has 0 radical (unpaired) electrons. The standard InChI is InChI=1S/C12H14BrClN2O2/c1-18-11-6-15-5-10(11)16-12(17)8-4-7(14)2-3-9(8)13/h2-4,10-11,15H,5-6H2,1H3,(H,16,17)/t10-,11+/m1/s1. The third-order valence-corrected chi connectivity index (χ3v) is 3.88. The summed E-state index contributed by atoms with van der Waals surface area (Å²) in [4.78, 5) is 12.2. The molecule has 1 aliphatic rings. The Kier molecular flexibility index (Phi) is 4.61. The summed E-state index contributed by atoms with van der Waals surface area (Å²) < 4.78 is 6.03. The normalized spacial score (nSPS) is 23.1. The SMILES string of the molecule is CO[C@H]1CNC[C@H]1NC(=O)c1cc(Cl)ccc1Br. The molecule has 1 aromatic rings. The Balaban J connectivity index is 2.09. The van der Waals surface area contributed by atoms with Crippen LogP contribution in [-0.2, 0) is 4.74 Å². The minimum Gasteiger partial charge on any atom is -0.378 e. The third-order valence-electron chi connectivity index (χ3n) is 2.95. The molecular formula is C12H14BrClN2O2. The van der Waals surface area contributed by atoms with Gasteiger partial charge in [-0.2, -0.15) is 0 Å². The monoisotopic (exact) mass is 332 g/mol. The summed E-state index contributed by atoms with van der Waals surface area (Å²) in [6.07, 6.45) is 0.00640. The van der Waals surface area contributed by atoms with Crippen LogP contribution in [0.1, 0.15) is 10.4 Å². The Bertz CT molecular complexity index is 456. The van der Waals surface area contributed by atoms with Crippen LogP contribution in [0, 0.1) is 0 Å². The van der Waals surface area contributed by atoms with E-state index in [-0.39, 0.29) is 18.1 Å². The Morgan fingerprint density at radius 2 is 2.33 bits per heavy atom. The van der Waals surface area contributed by atoms with Crippen molar-refractivity contribution >= 4 is 33.4 Å². The number of nitrogens with one attached hydrogen (secondary N) is 2. The lowest BCUT2D eigenvalue weighted by Gasteiger charge is -2.19. The zero-order valence-electron chi connectivity index (χ0n) is 9.87. The first-order chi connectivity index (χ1) is 8.61. The molecule has 1 fully saturated rings. The van der Waals surface area contributed by atoms with Crippen LogP contribution in [-0.4, -0.2) is 38.3 Å². The molecule has 1 amide bonds. The zero-order valence-corrected chi connectivity index (χ0v) is 12.2. The quantitative estimate of drug-likeness (QED) is 0.887. The van der Waals surface area contributed by atoms with Gasteiger partial charge in [-0.1, -0.05) is 11.6 Å². The molecule has 4 nitrogen and oxygen atoms in total. The van der Waals surface area contributed by atoms with E-state index in [2.05, 4.69) is 26.6 Å². The predicted molar refractivity (Wildman–Crippen MR) is 74.1 cm³/mol. The molecule has 0 saturated carbocycles. The van der Waals surface area contributed by atoms with Crippen LogP contribution in [0.4, 0.5) is 0 Å². The van der Waals surface area contributed by atoms with Crippen LogP contribution in [0.5, 0.6) is 0 Å². The van der Waals surface area contributed by atoms with Crippen LogP contribution >= 0.6 is 27.5 Å². The molecule has 18 heavy (non-hydrogen) atoms. The fourth-order valence-corrected chi connectivity index (χ4v) is 2.56. The smallest absolute Gasteiger partial charge is 0.252 e. The van der Waals surface area contributed by atoms with E-state index in [4.69, 9.17) is 16.3 Å². The van der Waals surface area contributed by atoms with Gasteiger partial charge in [0.05, 0.1) is 17.7 Å². The zero-order chi connectivity index (χ0) is 13.1. The van der Waals surface area contributed by atoms with Crippen LogP contribution in [0.2, 0.25) is 5.02 Å². The Morgan fingerprint density at radius 3 is 3.06 bits per heavy atom. The molecule has 1 aromatic carbocycles. The minimum atomic E-state index is -0.153. The van der Waals surface area contributed by atoms with Crippen molar-refractivity contribution in [2.24, 2.45) is 0 Å². The number of hydrogen-bond donors (Lipinski definition) is 2. The van der Waals surface area contributed by atoms with Crippen molar-refractivity contribution < 1.29 is 9.53 Å². The second-order valence-corrected chi connectivity index (χ2v) is 5.43. The summed E-state index contributed by atoms with van der Waals surface area (Å²) in [6.45, 7) is 1.46. The van der Waals surface area contributed by atoms with Gasteiger partial charge in [-0.05, 0) is 34.1 Å². The number of halogens is 2. The second kappa shape index (κ2) is 6.02. The molecule has 1 heterocycles. The number of rotatable bonds is 3. The number of hydrogen-bond acceptors (Lipinski definition) is 3. The van der Waals surface area contributed by atoms with E-state index in [1.807, 2.05) is 0 Å². The summed E-state index contributed by atoms with van der Waals surface area (Å²) in [5.74, 6) is -0.153. The van der Waals surface area contributed by atoms with Crippen molar-refractivity contribution in [3.8, 4) is 0 Å². The van der Waals surface area contributed by atoms with Crippen molar-refractivity contribution in [3.05, 3.63) is 33.3 Å². The molecule has 2 atom stereocenters. The maximum absolute atomic E-state index is 12.2. The summed E-state index contributed by atoms with van der Waals surface area (Å²) in [5.41, 5.74) is 0.532. The van der Waals surface area contributed by atoms with Gasteiger partial charge in [0.2, 0.25) is 0 Å². The third kappa shape index (κ3) is 3.03. The molecule has 2 N–H and O–H groups in total. The van der Waals surface area contributed by atoms with Gasteiger partial charge in [0.15, 0.2) is 0 Å². The van der Waals surface area contributed by atoms with Crippen molar-refractivity contribution in [3.63, 3.8) is 0 Å². The first-order valence-electron chi connectivity index (χ1n) is 5.61. The lowest BCUT2D eigenvalue weighted by molar-refractivity contribution is 0.0779. The molecule has 6 heteroatoms. The lowest BCUT2D eigenvalue weighted by atomic mass is 10.1. The van der Waals surface area contributed by atoms with E-state index in [1.54, 1.807) is 25.3 Å². The van der Waals surface area contributed by atoms with E-state index < -0.39 is 0 Å². The van der Waals surface area contributed by atoms with Crippen molar-refractivity contribution in [1.82, 2.24) is 10.6 Å². The number of carbonyl (C=O) groups excluding carboxylic acids is 1. The highest BCUT2D eigenvalue weighted by atomic mass is 79.9. The maximum Gasteiger partial charge on any atom is 0.252 e. The van der Waals surface area contributed by atoms with E-state index in [0.717, 1.165) is 11.0 Å². The fourth-order valence-electron chi connectivity index (χ4n) is 1.96. The van der Waals surface area contributed by atoms with Gasteiger partial charge < -0.3 is 15.4 Å². The number of amides is 1. The topological polar surface area (TPSA) is 50.4 Å². The van der Waals surface area contributed by atoms with Gasteiger partial charge in [-0.15, -0.1) is 0 Å². The molecule has 0 aromatic heterocycles. The highest BCUT2D eigenvalue weighted by Crippen LogP contribution is 2.21. The van der Waals surface area contributed by atoms with Crippen LogP contribution in [0.15, 0.2) is 22.7 Å². The summed E-state index contributed by atoms with van der Waals surface area (Å²) in [6, 6.07) is 5.12. The van der Waals surface area contributed by atoms with Crippen LogP contribution < -0.4 is 10.6 Å². The summed E-state index contributed by atoms with van der Waals surface area (Å²) in [7, 11) is 1.64. The summed E-state index contributed by atoms with van der Waals surface area (Å²) in [5, 5.41) is 6.67. The highest BCUT2D eigenvalue weighted by Gasteiger charge is 2.28. The molecule has 1 saturated heterocycles. The van der Waals surface area contributed by atoms with Crippen molar-refractivity contribution in [2.45, 2.75) is 12.1 Å². The molecule has 0 unspecified atom stereocenters. The minimum absolute atomic E-state index is 0.00640. The lowest BCUT2D eigenvalue weighted by Crippen LogP contribution is -2.43. The van der Waals surface area contributed by atoms with Crippen LogP contribution in [0.3, 0.4) is 0 Å². The first-order valence-corrected chi connectivity index (χ1v) is 6.78. The van der Waals surface area contributed by atoms with Gasteiger partial charge in [-0.25, -0.2) is 0 Å². The number of methoxy groups -OCH3 is 1. The van der Waals surface area contributed by atoms with E-state index >= 15 is 0 Å². The molecule has 0 spiro atoms. The van der Waals surface area contributed by atoms with Crippen molar-refractivity contribution in [1.29, 1.82) is 0 Å². The average molecular weight is 334 g/mol. The molecular weight excluding hydrogens is 320 g/mol. The Hall–Kier alpha value is -0.620.